The number of fused-ring (bicyclic) bond motifs is 1. The van der Waals surface area contributed by atoms with E-state index in [1.807, 2.05) is 24.3 Å². The van der Waals surface area contributed by atoms with Gasteiger partial charge in [-0.25, -0.2) is 14.8 Å². The van der Waals surface area contributed by atoms with Crippen molar-refractivity contribution in [2.45, 2.75) is 19.4 Å². The molecule has 0 unspecified atom stereocenters. The Hall–Kier alpha value is -3.49. The molecule has 9 nitrogen and oxygen atoms in total. The number of amides is 1. The van der Waals surface area contributed by atoms with Crippen LogP contribution in [0.3, 0.4) is 0 Å². The summed E-state index contributed by atoms with van der Waals surface area (Å²) in [6.45, 7) is 0.0193. The molecule has 0 aliphatic heterocycles. The molecular weight excluding hydrogens is 338 g/mol. The molecule has 0 spiro atoms. The van der Waals surface area contributed by atoms with E-state index in [0.29, 0.717) is 18.0 Å². The first kappa shape index (κ1) is 17.3. The summed E-state index contributed by atoms with van der Waals surface area (Å²) in [6.07, 6.45) is 1.78. The summed E-state index contributed by atoms with van der Waals surface area (Å²) in [5.74, 6) is 0.126. The molecule has 0 atom stereocenters. The number of nitrogens with one attached hydrogen (secondary N) is 3. The second kappa shape index (κ2) is 7.60. The number of hydrogen-bond donors (Lipinski definition) is 3. The molecule has 9 heteroatoms. The van der Waals surface area contributed by atoms with Crippen LogP contribution in [0.4, 0.5) is 0 Å². The monoisotopic (exact) mass is 355 g/mol. The number of aromatic nitrogens is 4. The first-order valence-corrected chi connectivity index (χ1v) is 7.94. The van der Waals surface area contributed by atoms with Gasteiger partial charge in [-0.05, 0) is 12.1 Å². The van der Waals surface area contributed by atoms with Crippen LogP contribution in [0.2, 0.25) is 0 Å². The number of carbonyl (C=O) groups is 1. The summed E-state index contributed by atoms with van der Waals surface area (Å²) in [4.78, 5) is 47.9. The number of methoxy groups -OCH3 is 1. The van der Waals surface area contributed by atoms with Crippen LogP contribution in [0.25, 0.3) is 11.0 Å². The molecule has 0 fully saturated rings. The van der Waals surface area contributed by atoms with Crippen molar-refractivity contribution >= 4 is 16.9 Å². The number of rotatable bonds is 6. The van der Waals surface area contributed by atoms with Gasteiger partial charge in [-0.2, -0.15) is 0 Å². The fraction of sp³-hybridized carbons (Fsp3) is 0.235. The average molecular weight is 355 g/mol. The number of aryl methyl sites for hydroxylation is 1. The topological polar surface area (TPSA) is 130 Å². The van der Waals surface area contributed by atoms with E-state index < -0.39 is 11.2 Å². The average Bonchev–Trinajstić information content (AvgIpc) is 2.64. The maximum Gasteiger partial charge on any atom is 0.325 e. The molecule has 1 aromatic carbocycles. The maximum absolute atomic E-state index is 12.0. The Morgan fingerprint density at radius 1 is 1.19 bits per heavy atom. The molecule has 2 aromatic heterocycles. The van der Waals surface area contributed by atoms with Crippen molar-refractivity contribution in [1.29, 1.82) is 0 Å². The van der Waals surface area contributed by atoms with Gasteiger partial charge in [0.1, 0.15) is 5.69 Å². The number of nitrogens with zero attached hydrogens (tertiary/aromatic N) is 2. The number of para-hydroxylation sites is 2. The number of H-pyrrole nitrogens is 2. The Morgan fingerprint density at radius 3 is 2.62 bits per heavy atom. The van der Waals surface area contributed by atoms with E-state index in [2.05, 4.69) is 25.3 Å². The number of hydrogen-bond acceptors (Lipinski definition) is 6. The normalized spacial score (nSPS) is 10.7. The highest BCUT2D eigenvalue weighted by molar-refractivity contribution is 5.77. The number of carbonyl (C=O) groups excluding carboxylic acids is 1. The van der Waals surface area contributed by atoms with Gasteiger partial charge >= 0.3 is 5.69 Å². The van der Waals surface area contributed by atoms with E-state index in [1.165, 1.54) is 13.3 Å². The lowest BCUT2D eigenvalue weighted by molar-refractivity contribution is -0.121. The third-order valence-corrected chi connectivity index (χ3v) is 3.76. The molecular formula is C17H17N5O4. The number of benzene rings is 1. The Bertz CT molecular complexity index is 1060. The van der Waals surface area contributed by atoms with Crippen molar-refractivity contribution in [1.82, 2.24) is 25.3 Å². The van der Waals surface area contributed by atoms with E-state index in [9.17, 15) is 14.4 Å². The second-order valence-corrected chi connectivity index (χ2v) is 5.54. The quantitative estimate of drug-likeness (QED) is 0.582. The molecule has 0 radical (unpaired) electrons. The first-order chi connectivity index (χ1) is 12.6. The van der Waals surface area contributed by atoms with Gasteiger partial charge in [0, 0.05) is 25.6 Å². The summed E-state index contributed by atoms with van der Waals surface area (Å²) in [7, 11) is 1.50. The van der Waals surface area contributed by atoms with Crippen molar-refractivity contribution in [3.63, 3.8) is 0 Å². The largest absolute Gasteiger partial charge is 0.480 e. The van der Waals surface area contributed by atoms with Crippen molar-refractivity contribution in [3.05, 3.63) is 62.6 Å². The van der Waals surface area contributed by atoms with Crippen molar-refractivity contribution in [3.8, 4) is 5.88 Å². The van der Waals surface area contributed by atoms with E-state index in [1.54, 1.807) is 0 Å². The van der Waals surface area contributed by atoms with E-state index >= 15 is 0 Å². The summed E-state index contributed by atoms with van der Waals surface area (Å²) in [5, 5.41) is 2.63. The highest BCUT2D eigenvalue weighted by atomic mass is 16.5. The fourth-order valence-corrected chi connectivity index (χ4v) is 2.43. The fourth-order valence-electron chi connectivity index (χ4n) is 2.43. The lowest BCUT2D eigenvalue weighted by Gasteiger charge is -2.09. The van der Waals surface area contributed by atoms with Gasteiger partial charge in [0.2, 0.25) is 11.8 Å². The van der Waals surface area contributed by atoms with Crippen LogP contribution in [0.15, 0.2) is 40.1 Å². The van der Waals surface area contributed by atoms with Gasteiger partial charge < -0.3 is 15.0 Å². The van der Waals surface area contributed by atoms with Crippen molar-refractivity contribution in [2.24, 2.45) is 0 Å². The minimum absolute atomic E-state index is 0.0193. The second-order valence-electron chi connectivity index (χ2n) is 5.54. The zero-order valence-electron chi connectivity index (χ0n) is 14.0. The zero-order valence-corrected chi connectivity index (χ0v) is 14.0. The number of ether oxygens (including phenoxy) is 1. The van der Waals surface area contributed by atoms with Crippen molar-refractivity contribution in [2.75, 3.05) is 7.11 Å². The molecule has 134 valence electrons. The molecule has 0 saturated carbocycles. The molecule has 26 heavy (non-hydrogen) atoms. The summed E-state index contributed by atoms with van der Waals surface area (Å²) in [6, 6.07) is 7.40. The van der Waals surface area contributed by atoms with Crippen LogP contribution >= 0.6 is 0 Å². The first-order valence-electron chi connectivity index (χ1n) is 7.94. The lowest BCUT2D eigenvalue weighted by Crippen LogP contribution is -2.30. The highest BCUT2D eigenvalue weighted by Crippen LogP contribution is 2.19. The molecule has 3 rings (SSSR count). The van der Waals surface area contributed by atoms with E-state index in [0.717, 1.165) is 11.0 Å². The van der Waals surface area contributed by atoms with Gasteiger partial charge in [-0.3, -0.25) is 14.6 Å². The third kappa shape index (κ3) is 3.94. The molecule has 3 N–H and O–H groups in total. The SMILES string of the molecule is COc1nc2ccccc2nc1CCC(=O)NCc1c[nH]c(=O)[nH]c1=O. The summed E-state index contributed by atoms with van der Waals surface area (Å²) in [5.41, 5.74) is 1.17. The Morgan fingerprint density at radius 2 is 1.92 bits per heavy atom. The maximum atomic E-state index is 12.0. The van der Waals surface area contributed by atoms with E-state index in [-0.39, 0.29) is 24.4 Å². The van der Waals surface area contributed by atoms with Crippen LogP contribution in [0.1, 0.15) is 17.7 Å². The number of aromatic amines is 2. The molecule has 0 bridgehead atoms. The van der Waals surface area contributed by atoms with E-state index in [4.69, 9.17) is 4.74 Å². The van der Waals surface area contributed by atoms with Gasteiger partial charge in [0.15, 0.2) is 0 Å². The van der Waals surface area contributed by atoms with Gasteiger partial charge in [-0.15, -0.1) is 0 Å². The summed E-state index contributed by atoms with van der Waals surface area (Å²) >= 11 is 0. The minimum Gasteiger partial charge on any atom is -0.480 e. The molecule has 0 aliphatic rings. The highest BCUT2D eigenvalue weighted by Gasteiger charge is 2.12. The third-order valence-electron chi connectivity index (χ3n) is 3.76. The van der Waals surface area contributed by atoms with Gasteiger partial charge in [0.25, 0.3) is 5.56 Å². The van der Waals surface area contributed by atoms with Crippen molar-refractivity contribution < 1.29 is 9.53 Å². The zero-order chi connectivity index (χ0) is 18.5. The minimum atomic E-state index is -0.591. The lowest BCUT2D eigenvalue weighted by atomic mass is 10.2. The van der Waals surface area contributed by atoms with Crippen LogP contribution in [0.5, 0.6) is 5.88 Å². The standard InChI is InChI=1S/C17H17N5O4/c1-26-16-13(20-11-4-2-3-5-12(11)21-16)6-7-14(23)18-8-10-9-19-17(25)22-15(10)24/h2-5,9H,6-8H2,1H3,(H,18,23)(H2,19,22,24,25). The van der Waals surface area contributed by atoms with Crippen LogP contribution in [0, 0.1) is 0 Å². The van der Waals surface area contributed by atoms with Crippen LogP contribution in [-0.2, 0) is 17.8 Å². The van der Waals surface area contributed by atoms with Crippen LogP contribution in [-0.4, -0.2) is 33.0 Å². The van der Waals surface area contributed by atoms with Gasteiger partial charge in [-0.1, -0.05) is 12.1 Å². The molecule has 1 amide bonds. The predicted molar refractivity (Wildman–Crippen MR) is 93.9 cm³/mol. The Labute approximate surface area is 147 Å². The Balaban J connectivity index is 1.64. The molecule has 0 saturated heterocycles. The van der Waals surface area contributed by atoms with Crippen LogP contribution < -0.4 is 21.3 Å². The van der Waals surface area contributed by atoms with Gasteiger partial charge in [0.05, 0.1) is 23.7 Å². The molecule has 3 aromatic rings. The molecule has 0 aliphatic carbocycles. The predicted octanol–water partition coefficient (Wildman–Crippen LogP) is 0.264. The summed E-state index contributed by atoms with van der Waals surface area (Å²) < 4.78 is 5.26. The smallest absolute Gasteiger partial charge is 0.325 e. The molecule has 2 heterocycles. The Kier molecular flexibility index (Phi) is 5.07.